The number of nitrogens with one attached hydrogen (secondary N) is 1. The van der Waals surface area contributed by atoms with Crippen LogP contribution in [0.3, 0.4) is 0 Å². The number of halogens is 1. The number of benzene rings is 2. The first-order chi connectivity index (χ1) is 12.3. The highest BCUT2D eigenvalue weighted by atomic mass is 35.5. The number of aryl methyl sites for hydroxylation is 1. The predicted octanol–water partition coefficient (Wildman–Crippen LogP) is 3.41. The lowest BCUT2D eigenvalue weighted by Gasteiger charge is -2.09. The Morgan fingerprint density at radius 2 is 1.85 bits per heavy atom. The summed E-state index contributed by atoms with van der Waals surface area (Å²) in [6.07, 6.45) is 0. The Bertz CT molecular complexity index is 834. The van der Waals surface area contributed by atoms with Gasteiger partial charge in [0.15, 0.2) is 19.0 Å². The summed E-state index contributed by atoms with van der Waals surface area (Å²) in [6.45, 7) is 2.47. The van der Waals surface area contributed by atoms with Gasteiger partial charge in [-0.1, -0.05) is 29.8 Å². The molecule has 0 bridgehead atoms. The van der Waals surface area contributed by atoms with Crippen molar-refractivity contribution in [3.8, 4) is 5.75 Å². The molecule has 0 aliphatic heterocycles. The van der Waals surface area contributed by atoms with Crippen LogP contribution in [0.2, 0.25) is 5.02 Å². The molecule has 26 heavy (non-hydrogen) atoms. The zero-order chi connectivity index (χ0) is 19.1. The molecule has 1 N–H and O–H groups in total. The lowest BCUT2D eigenvalue weighted by atomic mass is 10.1. The van der Waals surface area contributed by atoms with Crippen molar-refractivity contribution in [3.63, 3.8) is 0 Å². The largest absolute Gasteiger partial charge is 0.482 e. The minimum atomic E-state index is -0.699. The number of carbonyl (C=O) groups is 3. The summed E-state index contributed by atoms with van der Waals surface area (Å²) < 4.78 is 10.1. The number of amides is 1. The fraction of sp³-hybridized carbons (Fsp3) is 0.211. The quantitative estimate of drug-likeness (QED) is 0.592. The average Bonchev–Trinajstić information content (AvgIpc) is 2.61. The van der Waals surface area contributed by atoms with Gasteiger partial charge >= 0.3 is 5.97 Å². The van der Waals surface area contributed by atoms with Gasteiger partial charge in [-0.05, 0) is 43.7 Å². The molecule has 2 aromatic carbocycles. The molecule has 0 aliphatic rings. The number of rotatable bonds is 7. The molecule has 0 aliphatic carbocycles. The van der Waals surface area contributed by atoms with Crippen LogP contribution in [0.5, 0.6) is 5.75 Å². The molecule has 0 saturated heterocycles. The highest BCUT2D eigenvalue weighted by molar-refractivity contribution is 6.31. The molecule has 1 amide bonds. The zero-order valence-corrected chi connectivity index (χ0v) is 15.1. The van der Waals surface area contributed by atoms with Crippen molar-refractivity contribution in [2.75, 3.05) is 18.5 Å². The third-order valence-electron chi connectivity index (χ3n) is 3.42. The number of hydrogen-bond acceptors (Lipinski definition) is 5. The molecule has 0 unspecified atom stereocenters. The number of esters is 1. The van der Waals surface area contributed by atoms with Crippen molar-refractivity contribution >= 4 is 34.9 Å². The fourth-order valence-corrected chi connectivity index (χ4v) is 2.18. The molecule has 0 heterocycles. The summed E-state index contributed by atoms with van der Waals surface area (Å²) >= 11 is 5.98. The molecule has 0 saturated carbocycles. The average molecular weight is 376 g/mol. The molecular formula is C19H18ClNO5. The number of ether oxygens (including phenoxy) is 2. The molecule has 0 atom stereocenters. The first-order valence-electron chi connectivity index (χ1n) is 7.80. The van der Waals surface area contributed by atoms with Gasteiger partial charge in [-0.2, -0.15) is 0 Å². The second-order valence-electron chi connectivity index (χ2n) is 5.55. The minimum absolute atomic E-state index is 0.106. The molecule has 7 heteroatoms. The third kappa shape index (κ3) is 5.89. The first kappa shape index (κ1) is 19.5. The Hall–Kier alpha value is -2.86. The van der Waals surface area contributed by atoms with Crippen LogP contribution in [0.15, 0.2) is 42.5 Å². The van der Waals surface area contributed by atoms with Gasteiger partial charge in [-0.15, -0.1) is 0 Å². The molecule has 0 fully saturated rings. The Labute approximate surface area is 156 Å². The van der Waals surface area contributed by atoms with Crippen molar-refractivity contribution in [1.82, 2.24) is 0 Å². The van der Waals surface area contributed by atoms with Crippen LogP contribution < -0.4 is 10.1 Å². The smallest absolute Gasteiger partial charge is 0.344 e. The van der Waals surface area contributed by atoms with Crippen LogP contribution in [-0.4, -0.2) is 30.9 Å². The Balaban J connectivity index is 1.77. The summed E-state index contributed by atoms with van der Waals surface area (Å²) in [4.78, 5) is 34.8. The van der Waals surface area contributed by atoms with E-state index >= 15 is 0 Å². The van der Waals surface area contributed by atoms with Crippen molar-refractivity contribution < 1.29 is 23.9 Å². The lowest BCUT2D eigenvalue weighted by Crippen LogP contribution is -2.23. The lowest BCUT2D eigenvalue weighted by molar-refractivity contribution is -0.149. The number of Topliss-reactive ketones (excluding diaryl/α,β-unsaturated/α-hetero) is 1. The standard InChI is InChI=1S/C19H18ClNO5/c1-12-6-7-15(9-17(12)20)21-18(23)10-26-19(24)11-25-16-5-3-4-14(8-16)13(2)22/h3-9H,10-11H2,1-2H3,(H,21,23). The van der Waals surface area contributed by atoms with E-state index in [4.69, 9.17) is 21.1 Å². The summed E-state index contributed by atoms with van der Waals surface area (Å²) in [6, 6.07) is 11.5. The van der Waals surface area contributed by atoms with E-state index in [1.54, 1.807) is 36.4 Å². The Kier molecular flexibility index (Phi) is 6.74. The van der Waals surface area contributed by atoms with Gasteiger partial charge < -0.3 is 14.8 Å². The van der Waals surface area contributed by atoms with E-state index < -0.39 is 18.5 Å². The van der Waals surface area contributed by atoms with Crippen molar-refractivity contribution in [2.45, 2.75) is 13.8 Å². The first-order valence-corrected chi connectivity index (χ1v) is 8.18. The number of hydrogen-bond donors (Lipinski definition) is 1. The topological polar surface area (TPSA) is 81.7 Å². The van der Waals surface area contributed by atoms with E-state index in [9.17, 15) is 14.4 Å². The maximum Gasteiger partial charge on any atom is 0.344 e. The summed E-state index contributed by atoms with van der Waals surface area (Å²) in [7, 11) is 0. The molecule has 0 radical (unpaired) electrons. The molecular weight excluding hydrogens is 358 g/mol. The highest BCUT2D eigenvalue weighted by Gasteiger charge is 2.10. The van der Waals surface area contributed by atoms with Gasteiger partial charge in [0.05, 0.1) is 0 Å². The Morgan fingerprint density at radius 3 is 2.54 bits per heavy atom. The molecule has 2 aromatic rings. The monoisotopic (exact) mass is 375 g/mol. The van der Waals surface area contributed by atoms with Gasteiger partial charge in [0.25, 0.3) is 5.91 Å². The Morgan fingerprint density at radius 1 is 1.08 bits per heavy atom. The predicted molar refractivity (Wildman–Crippen MR) is 97.7 cm³/mol. The van der Waals surface area contributed by atoms with Crippen LogP contribution >= 0.6 is 11.6 Å². The van der Waals surface area contributed by atoms with Gasteiger partial charge in [-0.3, -0.25) is 9.59 Å². The number of carbonyl (C=O) groups excluding carboxylic acids is 3. The maximum atomic E-state index is 11.8. The molecule has 0 aromatic heterocycles. The molecule has 136 valence electrons. The van der Waals surface area contributed by atoms with E-state index in [-0.39, 0.29) is 12.4 Å². The summed E-state index contributed by atoms with van der Waals surface area (Å²) in [5.74, 6) is -0.925. The van der Waals surface area contributed by atoms with Crippen LogP contribution in [0, 0.1) is 6.92 Å². The summed E-state index contributed by atoms with van der Waals surface area (Å²) in [5.41, 5.74) is 1.88. The second kappa shape index (κ2) is 9.01. The van der Waals surface area contributed by atoms with Crippen LogP contribution in [0.1, 0.15) is 22.8 Å². The maximum absolute atomic E-state index is 11.8. The SMILES string of the molecule is CC(=O)c1cccc(OCC(=O)OCC(=O)Nc2ccc(C)c(Cl)c2)c1. The second-order valence-corrected chi connectivity index (χ2v) is 5.95. The zero-order valence-electron chi connectivity index (χ0n) is 14.4. The van der Waals surface area contributed by atoms with Crippen molar-refractivity contribution in [1.29, 1.82) is 0 Å². The molecule has 6 nitrogen and oxygen atoms in total. The van der Waals surface area contributed by atoms with E-state index in [1.165, 1.54) is 13.0 Å². The third-order valence-corrected chi connectivity index (χ3v) is 3.82. The van der Waals surface area contributed by atoms with E-state index in [0.717, 1.165) is 5.56 Å². The van der Waals surface area contributed by atoms with Gasteiger partial charge in [-0.25, -0.2) is 4.79 Å². The minimum Gasteiger partial charge on any atom is -0.482 e. The van der Waals surface area contributed by atoms with Crippen LogP contribution in [0.4, 0.5) is 5.69 Å². The van der Waals surface area contributed by atoms with Crippen molar-refractivity contribution in [2.24, 2.45) is 0 Å². The normalized spacial score (nSPS) is 10.1. The summed E-state index contributed by atoms with van der Waals surface area (Å²) in [5, 5.41) is 3.11. The van der Waals surface area contributed by atoms with Crippen LogP contribution in [0.25, 0.3) is 0 Å². The molecule has 2 rings (SSSR count). The van der Waals surface area contributed by atoms with Gasteiger partial charge in [0.1, 0.15) is 5.75 Å². The van der Waals surface area contributed by atoms with E-state index in [1.807, 2.05) is 6.92 Å². The fourth-order valence-electron chi connectivity index (χ4n) is 2.00. The number of anilines is 1. The van der Waals surface area contributed by atoms with E-state index in [2.05, 4.69) is 5.32 Å². The van der Waals surface area contributed by atoms with Crippen LogP contribution in [-0.2, 0) is 14.3 Å². The van der Waals surface area contributed by atoms with E-state index in [0.29, 0.717) is 22.0 Å². The van der Waals surface area contributed by atoms with Crippen molar-refractivity contribution in [3.05, 3.63) is 58.6 Å². The number of ketones is 1. The molecule has 0 spiro atoms. The highest BCUT2D eigenvalue weighted by Crippen LogP contribution is 2.19. The van der Waals surface area contributed by atoms with Gasteiger partial charge in [0.2, 0.25) is 0 Å². The van der Waals surface area contributed by atoms with Gasteiger partial charge in [0, 0.05) is 16.3 Å².